The average molecular weight is 321 g/mol. The fourth-order valence-electron chi connectivity index (χ4n) is 2.63. The Morgan fingerprint density at radius 2 is 1.79 bits per heavy atom. The van der Waals surface area contributed by atoms with Gasteiger partial charge in [0, 0.05) is 30.9 Å². The van der Waals surface area contributed by atoms with E-state index in [9.17, 15) is 0 Å². The molecule has 0 saturated carbocycles. The fourth-order valence-corrected chi connectivity index (χ4v) is 2.63. The monoisotopic (exact) mass is 321 g/mol. The van der Waals surface area contributed by atoms with Crippen molar-refractivity contribution in [2.45, 2.75) is 46.0 Å². The van der Waals surface area contributed by atoms with Gasteiger partial charge < -0.3 is 0 Å². The fraction of sp³-hybridized carbons (Fsp3) is 0.368. The van der Waals surface area contributed by atoms with Crippen LogP contribution in [-0.4, -0.2) is 24.7 Å². The maximum atomic E-state index is 4.77. The van der Waals surface area contributed by atoms with Crippen LogP contribution in [-0.2, 0) is 19.3 Å². The third-order valence-electron chi connectivity index (χ3n) is 3.95. The summed E-state index contributed by atoms with van der Waals surface area (Å²) >= 11 is 0. The van der Waals surface area contributed by atoms with Gasteiger partial charge in [0.1, 0.15) is 5.82 Å². The molecule has 0 saturated heterocycles. The molecule has 3 rings (SSSR count). The molecule has 124 valence electrons. The first-order valence-corrected chi connectivity index (χ1v) is 8.54. The molecule has 0 amide bonds. The Labute approximate surface area is 142 Å². The zero-order valence-electron chi connectivity index (χ0n) is 14.3. The first kappa shape index (κ1) is 16.3. The number of unbranched alkanes of at least 4 members (excludes halogenated alkanes) is 1. The molecule has 0 aromatic carbocycles. The van der Waals surface area contributed by atoms with E-state index in [-0.39, 0.29) is 0 Å². The predicted octanol–water partition coefficient (Wildman–Crippen LogP) is 3.49. The second-order valence-electron chi connectivity index (χ2n) is 5.95. The zero-order chi connectivity index (χ0) is 16.8. The molecule has 0 radical (unpaired) electrons. The lowest BCUT2D eigenvalue weighted by atomic mass is 10.1. The number of aromatic nitrogens is 5. The number of aryl methyl sites for hydroxylation is 4. The van der Waals surface area contributed by atoms with Gasteiger partial charge in [0.25, 0.3) is 0 Å². The molecule has 3 aromatic rings. The summed E-state index contributed by atoms with van der Waals surface area (Å²) in [7, 11) is 0. The summed E-state index contributed by atoms with van der Waals surface area (Å²) in [6.07, 6.45) is 8.57. The summed E-state index contributed by atoms with van der Waals surface area (Å²) in [4.78, 5) is 13.4. The third-order valence-corrected chi connectivity index (χ3v) is 3.95. The molecule has 0 atom stereocenters. The van der Waals surface area contributed by atoms with E-state index in [1.54, 1.807) is 0 Å². The van der Waals surface area contributed by atoms with Crippen LogP contribution in [0.25, 0.3) is 5.82 Å². The Kier molecular flexibility index (Phi) is 5.31. The second kappa shape index (κ2) is 7.81. The predicted molar refractivity (Wildman–Crippen MR) is 94.1 cm³/mol. The van der Waals surface area contributed by atoms with E-state index in [4.69, 9.17) is 10.1 Å². The standard InChI is InChI=1S/C19H23N5/c1-3-4-7-17-22-19(10-9-16-11-13-20-14-12-16)24(23-17)18-8-5-6-15(2)21-18/h5-6,8,11-14H,3-4,7,9-10H2,1-2H3. The Hall–Kier alpha value is -2.56. The summed E-state index contributed by atoms with van der Waals surface area (Å²) < 4.78 is 1.90. The molecule has 0 aliphatic rings. The van der Waals surface area contributed by atoms with E-state index in [0.29, 0.717) is 0 Å². The topological polar surface area (TPSA) is 56.5 Å². The summed E-state index contributed by atoms with van der Waals surface area (Å²) in [5.74, 6) is 2.72. The number of hydrogen-bond acceptors (Lipinski definition) is 4. The molecule has 3 aromatic heterocycles. The van der Waals surface area contributed by atoms with Gasteiger partial charge in [0.15, 0.2) is 11.6 Å². The van der Waals surface area contributed by atoms with E-state index in [2.05, 4.69) is 16.9 Å². The Balaban J connectivity index is 1.86. The smallest absolute Gasteiger partial charge is 0.155 e. The minimum Gasteiger partial charge on any atom is -0.265 e. The molecule has 0 aliphatic heterocycles. The van der Waals surface area contributed by atoms with Crippen LogP contribution in [0.1, 0.15) is 42.7 Å². The molecule has 0 bridgehead atoms. The van der Waals surface area contributed by atoms with Crippen molar-refractivity contribution >= 4 is 0 Å². The lowest BCUT2D eigenvalue weighted by Gasteiger charge is -2.06. The minimum absolute atomic E-state index is 0.832. The molecule has 24 heavy (non-hydrogen) atoms. The van der Waals surface area contributed by atoms with Gasteiger partial charge in [0.2, 0.25) is 0 Å². The molecule has 0 fully saturated rings. The van der Waals surface area contributed by atoms with Gasteiger partial charge in [-0.2, -0.15) is 4.68 Å². The highest BCUT2D eigenvalue weighted by Crippen LogP contribution is 2.12. The van der Waals surface area contributed by atoms with Crippen molar-refractivity contribution < 1.29 is 0 Å². The summed E-state index contributed by atoms with van der Waals surface area (Å²) in [5.41, 5.74) is 2.24. The summed E-state index contributed by atoms with van der Waals surface area (Å²) in [5, 5.41) is 4.70. The SMILES string of the molecule is CCCCc1nc(CCc2ccncc2)n(-c2cccc(C)n2)n1. The van der Waals surface area contributed by atoms with E-state index in [1.165, 1.54) is 5.56 Å². The van der Waals surface area contributed by atoms with Crippen LogP contribution in [0.4, 0.5) is 0 Å². The molecule has 5 nitrogen and oxygen atoms in total. The molecule has 0 N–H and O–H groups in total. The van der Waals surface area contributed by atoms with Crippen LogP contribution in [0.2, 0.25) is 0 Å². The van der Waals surface area contributed by atoms with E-state index in [1.807, 2.05) is 54.3 Å². The molecule has 3 heterocycles. The van der Waals surface area contributed by atoms with Crippen molar-refractivity contribution in [2.24, 2.45) is 0 Å². The molecular formula is C19H23N5. The van der Waals surface area contributed by atoms with Crippen molar-refractivity contribution in [3.63, 3.8) is 0 Å². The van der Waals surface area contributed by atoms with Crippen LogP contribution in [0.3, 0.4) is 0 Å². The maximum Gasteiger partial charge on any atom is 0.155 e. The number of pyridine rings is 2. The van der Waals surface area contributed by atoms with Crippen molar-refractivity contribution in [1.82, 2.24) is 24.7 Å². The summed E-state index contributed by atoms with van der Waals surface area (Å²) in [6, 6.07) is 10.1. The van der Waals surface area contributed by atoms with Gasteiger partial charge >= 0.3 is 0 Å². The third kappa shape index (κ3) is 4.04. The van der Waals surface area contributed by atoms with Crippen molar-refractivity contribution in [3.05, 3.63) is 65.6 Å². The average Bonchev–Trinajstić information content (AvgIpc) is 3.02. The normalized spacial score (nSPS) is 10.9. The molecule has 0 aliphatic carbocycles. The zero-order valence-corrected chi connectivity index (χ0v) is 14.3. The van der Waals surface area contributed by atoms with Gasteiger partial charge in [-0.1, -0.05) is 19.4 Å². The lowest BCUT2D eigenvalue weighted by molar-refractivity contribution is 0.725. The number of nitrogens with zero attached hydrogens (tertiary/aromatic N) is 5. The first-order valence-electron chi connectivity index (χ1n) is 8.54. The quantitative estimate of drug-likeness (QED) is 0.668. The van der Waals surface area contributed by atoms with Crippen molar-refractivity contribution in [2.75, 3.05) is 0 Å². The van der Waals surface area contributed by atoms with Crippen molar-refractivity contribution in [1.29, 1.82) is 0 Å². The summed E-state index contributed by atoms with van der Waals surface area (Å²) in [6.45, 7) is 4.18. The lowest BCUT2D eigenvalue weighted by Crippen LogP contribution is -2.07. The van der Waals surface area contributed by atoms with E-state index < -0.39 is 0 Å². The Bertz CT molecular complexity index is 779. The first-order chi connectivity index (χ1) is 11.8. The maximum absolute atomic E-state index is 4.77. The molecular weight excluding hydrogens is 298 g/mol. The van der Waals surface area contributed by atoms with E-state index >= 15 is 0 Å². The second-order valence-corrected chi connectivity index (χ2v) is 5.95. The highest BCUT2D eigenvalue weighted by atomic mass is 15.4. The van der Waals surface area contributed by atoms with Gasteiger partial charge in [-0.15, -0.1) is 5.10 Å². The van der Waals surface area contributed by atoms with Crippen molar-refractivity contribution in [3.8, 4) is 5.82 Å². The highest BCUT2D eigenvalue weighted by Gasteiger charge is 2.12. The molecule has 5 heteroatoms. The van der Waals surface area contributed by atoms with E-state index in [0.717, 1.165) is 55.3 Å². The van der Waals surface area contributed by atoms with Gasteiger partial charge in [0.05, 0.1) is 0 Å². The highest BCUT2D eigenvalue weighted by molar-refractivity contribution is 5.25. The molecule has 0 unspecified atom stereocenters. The van der Waals surface area contributed by atoms with Gasteiger partial charge in [-0.05, 0) is 49.6 Å². The Morgan fingerprint density at radius 3 is 2.54 bits per heavy atom. The number of rotatable bonds is 7. The Morgan fingerprint density at radius 1 is 0.958 bits per heavy atom. The number of hydrogen-bond donors (Lipinski definition) is 0. The van der Waals surface area contributed by atoms with Gasteiger partial charge in [-0.25, -0.2) is 9.97 Å². The van der Waals surface area contributed by atoms with Crippen LogP contribution in [0.5, 0.6) is 0 Å². The van der Waals surface area contributed by atoms with Crippen LogP contribution < -0.4 is 0 Å². The van der Waals surface area contributed by atoms with Crippen LogP contribution in [0, 0.1) is 6.92 Å². The van der Waals surface area contributed by atoms with Crippen LogP contribution >= 0.6 is 0 Å². The van der Waals surface area contributed by atoms with Gasteiger partial charge in [-0.3, -0.25) is 4.98 Å². The van der Waals surface area contributed by atoms with Crippen LogP contribution in [0.15, 0.2) is 42.7 Å². The minimum atomic E-state index is 0.832. The molecule has 0 spiro atoms. The largest absolute Gasteiger partial charge is 0.265 e.